The summed E-state index contributed by atoms with van der Waals surface area (Å²) in [5, 5.41) is 2.72. The molecule has 2 rings (SSSR count). The number of primary amides is 1. The molecule has 1 aromatic carbocycles. The molecule has 0 saturated carbocycles. The van der Waals surface area contributed by atoms with E-state index in [1.54, 1.807) is 12.5 Å². The first-order valence-corrected chi connectivity index (χ1v) is 5.77. The van der Waals surface area contributed by atoms with E-state index in [0.717, 1.165) is 11.3 Å². The number of rotatable bonds is 4. The van der Waals surface area contributed by atoms with Crippen LogP contribution in [0.4, 0.5) is 4.79 Å². The summed E-state index contributed by atoms with van der Waals surface area (Å²) in [5.41, 5.74) is 7.23. The molecule has 2 atom stereocenters. The molecule has 0 aliphatic rings. The van der Waals surface area contributed by atoms with E-state index in [0.29, 0.717) is 0 Å². The summed E-state index contributed by atoms with van der Waals surface area (Å²) in [6.45, 7) is 1.92. The van der Waals surface area contributed by atoms with Gasteiger partial charge in [0.1, 0.15) is 0 Å². The van der Waals surface area contributed by atoms with Crippen molar-refractivity contribution in [3.05, 3.63) is 54.1 Å². The lowest BCUT2D eigenvalue weighted by Crippen LogP contribution is -2.40. The number of amides is 2. The Morgan fingerprint density at radius 1 is 1.39 bits per heavy atom. The van der Waals surface area contributed by atoms with Gasteiger partial charge in [-0.05, 0) is 12.5 Å². The Bertz CT molecular complexity index is 495. The summed E-state index contributed by atoms with van der Waals surface area (Å²) in [4.78, 5) is 18.1. The van der Waals surface area contributed by atoms with Gasteiger partial charge in [0.15, 0.2) is 0 Å². The van der Waals surface area contributed by atoms with Gasteiger partial charge in [0, 0.05) is 23.9 Å². The summed E-state index contributed by atoms with van der Waals surface area (Å²) in [6.07, 6.45) is 3.39. The van der Waals surface area contributed by atoms with Gasteiger partial charge in [0.05, 0.1) is 6.33 Å². The fourth-order valence-electron chi connectivity index (χ4n) is 2.14. The number of urea groups is 1. The van der Waals surface area contributed by atoms with Crippen LogP contribution < -0.4 is 11.1 Å². The zero-order valence-corrected chi connectivity index (χ0v) is 10.1. The first kappa shape index (κ1) is 12.2. The van der Waals surface area contributed by atoms with E-state index in [1.165, 1.54) is 0 Å². The van der Waals surface area contributed by atoms with Crippen molar-refractivity contribution in [3.8, 4) is 0 Å². The molecule has 0 saturated heterocycles. The molecule has 0 fully saturated rings. The number of aromatic amines is 1. The lowest BCUT2D eigenvalue weighted by molar-refractivity contribution is 0.245. The van der Waals surface area contributed by atoms with Gasteiger partial charge < -0.3 is 16.0 Å². The van der Waals surface area contributed by atoms with Crippen molar-refractivity contribution in [1.82, 2.24) is 15.3 Å². The molecule has 0 radical (unpaired) electrons. The molecule has 18 heavy (non-hydrogen) atoms. The van der Waals surface area contributed by atoms with Crippen LogP contribution in [-0.4, -0.2) is 22.0 Å². The summed E-state index contributed by atoms with van der Waals surface area (Å²) in [7, 11) is 0. The highest BCUT2D eigenvalue weighted by molar-refractivity contribution is 5.72. The van der Waals surface area contributed by atoms with E-state index >= 15 is 0 Å². The minimum Gasteiger partial charge on any atom is -0.352 e. The van der Waals surface area contributed by atoms with Gasteiger partial charge in [-0.25, -0.2) is 9.78 Å². The minimum absolute atomic E-state index is 0.00111. The zero-order valence-electron chi connectivity index (χ0n) is 10.1. The van der Waals surface area contributed by atoms with Crippen molar-refractivity contribution in [3.63, 3.8) is 0 Å². The second-order valence-electron chi connectivity index (χ2n) is 4.19. The van der Waals surface area contributed by atoms with Gasteiger partial charge in [-0.3, -0.25) is 0 Å². The topological polar surface area (TPSA) is 83.8 Å². The highest BCUT2D eigenvalue weighted by atomic mass is 16.2. The van der Waals surface area contributed by atoms with Crippen molar-refractivity contribution >= 4 is 6.03 Å². The Labute approximate surface area is 105 Å². The summed E-state index contributed by atoms with van der Waals surface area (Å²) in [5.74, 6) is 0.00111. The highest BCUT2D eigenvalue weighted by Gasteiger charge is 2.23. The molecular weight excluding hydrogens is 228 g/mol. The molecule has 4 N–H and O–H groups in total. The molecule has 5 nitrogen and oxygen atoms in total. The van der Waals surface area contributed by atoms with Crippen molar-refractivity contribution < 1.29 is 4.79 Å². The maximum Gasteiger partial charge on any atom is 0.312 e. The predicted octanol–water partition coefficient (Wildman–Crippen LogP) is 1.60. The zero-order chi connectivity index (χ0) is 13.0. The third kappa shape index (κ3) is 2.68. The molecule has 0 aliphatic carbocycles. The maximum absolute atomic E-state index is 11.0. The molecule has 5 heteroatoms. The number of carbonyl (C=O) groups is 1. The Balaban J connectivity index is 2.32. The maximum atomic E-state index is 11.0. The van der Waals surface area contributed by atoms with E-state index in [-0.39, 0.29) is 12.0 Å². The SMILES string of the molecule is CC(NC(N)=O)C(c1ccccc1)c1cnc[nH]1. The second-order valence-corrected chi connectivity index (χ2v) is 4.19. The molecule has 1 heterocycles. The number of hydrogen-bond acceptors (Lipinski definition) is 2. The van der Waals surface area contributed by atoms with Crippen molar-refractivity contribution in [2.45, 2.75) is 18.9 Å². The van der Waals surface area contributed by atoms with E-state index in [2.05, 4.69) is 15.3 Å². The van der Waals surface area contributed by atoms with Gasteiger partial charge in [0.25, 0.3) is 0 Å². The third-order valence-corrected chi connectivity index (χ3v) is 2.88. The van der Waals surface area contributed by atoms with E-state index < -0.39 is 6.03 Å². The van der Waals surface area contributed by atoms with Crippen LogP contribution in [0, 0.1) is 0 Å². The van der Waals surface area contributed by atoms with Crippen LogP contribution in [0.3, 0.4) is 0 Å². The number of H-pyrrole nitrogens is 1. The van der Waals surface area contributed by atoms with Crippen LogP contribution in [0.25, 0.3) is 0 Å². The van der Waals surface area contributed by atoms with Gasteiger partial charge in [-0.15, -0.1) is 0 Å². The molecule has 0 aliphatic heterocycles. The minimum atomic E-state index is -0.525. The lowest BCUT2D eigenvalue weighted by Gasteiger charge is -2.23. The van der Waals surface area contributed by atoms with Gasteiger partial charge in [-0.1, -0.05) is 30.3 Å². The Kier molecular flexibility index (Phi) is 3.62. The van der Waals surface area contributed by atoms with E-state index in [4.69, 9.17) is 5.73 Å². The van der Waals surface area contributed by atoms with Crippen LogP contribution in [0.15, 0.2) is 42.9 Å². The Hall–Kier alpha value is -2.30. The standard InChI is InChI=1S/C13H16N4O/c1-9(17-13(14)18)12(11-7-15-8-16-11)10-5-3-2-4-6-10/h2-9,12H,1H3,(H,15,16)(H3,14,17,18). The number of benzene rings is 1. The molecule has 0 spiro atoms. The fourth-order valence-corrected chi connectivity index (χ4v) is 2.14. The van der Waals surface area contributed by atoms with Crippen LogP contribution in [0.2, 0.25) is 0 Å². The quantitative estimate of drug-likeness (QED) is 0.763. The summed E-state index contributed by atoms with van der Waals surface area (Å²) < 4.78 is 0. The van der Waals surface area contributed by atoms with Crippen LogP contribution in [0.5, 0.6) is 0 Å². The Morgan fingerprint density at radius 3 is 2.67 bits per heavy atom. The van der Waals surface area contributed by atoms with Crippen molar-refractivity contribution in [1.29, 1.82) is 0 Å². The molecule has 1 aromatic heterocycles. The molecule has 2 unspecified atom stereocenters. The summed E-state index contributed by atoms with van der Waals surface area (Å²) >= 11 is 0. The molecule has 0 bridgehead atoms. The second kappa shape index (κ2) is 5.35. The number of nitrogens with zero attached hydrogens (tertiary/aromatic N) is 1. The highest BCUT2D eigenvalue weighted by Crippen LogP contribution is 2.26. The number of nitrogens with two attached hydrogens (primary N) is 1. The first-order valence-electron chi connectivity index (χ1n) is 5.77. The predicted molar refractivity (Wildman–Crippen MR) is 69.1 cm³/mol. The molecule has 2 aromatic rings. The Morgan fingerprint density at radius 2 is 2.11 bits per heavy atom. The number of imidazole rings is 1. The average molecular weight is 244 g/mol. The van der Waals surface area contributed by atoms with Crippen molar-refractivity contribution in [2.24, 2.45) is 5.73 Å². The third-order valence-electron chi connectivity index (χ3n) is 2.88. The number of nitrogens with one attached hydrogen (secondary N) is 2. The normalized spacial score (nSPS) is 13.8. The van der Waals surface area contributed by atoms with Crippen molar-refractivity contribution in [2.75, 3.05) is 0 Å². The first-order chi connectivity index (χ1) is 8.68. The fraction of sp³-hybridized carbons (Fsp3) is 0.231. The molecule has 2 amide bonds. The summed E-state index contributed by atoms with van der Waals surface area (Å²) in [6, 6.07) is 9.29. The van der Waals surface area contributed by atoms with Gasteiger partial charge >= 0.3 is 6.03 Å². The average Bonchev–Trinajstić information content (AvgIpc) is 2.83. The molecular formula is C13H16N4O. The van der Waals surface area contributed by atoms with Gasteiger partial charge in [-0.2, -0.15) is 0 Å². The van der Waals surface area contributed by atoms with E-state index in [9.17, 15) is 4.79 Å². The largest absolute Gasteiger partial charge is 0.352 e. The van der Waals surface area contributed by atoms with Crippen LogP contribution in [-0.2, 0) is 0 Å². The lowest BCUT2D eigenvalue weighted by atomic mass is 9.90. The van der Waals surface area contributed by atoms with Crippen LogP contribution in [0.1, 0.15) is 24.1 Å². The number of hydrogen-bond donors (Lipinski definition) is 3. The molecule has 94 valence electrons. The van der Waals surface area contributed by atoms with E-state index in [1.807, 2.05) is 37.3 Å². The smallest absolute Gasteiger partial charge is 0.312 e. The monoisotopic (exact) mass is 244 g/mol. The van der Waals surface area contributed by atoms with Crippen LogP contribution >= 0.6 is 0 Å². The van der Waals surface area contributed by atoms with Gasteiger partial charge in [0.2, 0.25) is 0 Å². The number of carbonyl (C=O) groups excluding carboxylic acids is 1. The number of aromatic nitrogens is 2.